The SMILES string of the molecule is COCOC1c2c(OC)c(=O)ccn2CC(N)C1(C)CCO[Si](c1ccccc1)(c1ccccc1)C(C)(C)C. The van der Waals surface area contributed by atoms with E-state index in [4.69, 9.17) is 24.4 Å². The summed E-state index contributed by atoms with van der Waals surface area (Å²) in [5.41, 5.74) is 6.83. The predicted octanol–water partition coefficient (Wildman–Crippen LogP) is 3.83. The lowest BCUT2D eigenvalue weighted by Crippen LogP contribution is -2.67. The van der Waals surface area contributed by atoms with Crippen molar-refractivity contribution in [2.45, 2.75) is 57.8 Å². The van der Waals surface area contributed by atoms with E-state index in [2.05, 4.69) is 76.2 Å². The average molecular weight is 551 g/mol. The summed E-state index contributed by atoms with van der Waals surface area (Å²) in [6.07, 6.45) is 1.87. The summed E-state index contributed by atoms with van der Waals surface area (Å²) in [5.74, 6) is 0.282. The van der Waals surface area contributed by atoms with Crippen LogP contribution in [0.2, 0.25) is 5.04 Å². The third-order valence-corrected chi connectivity index (χ3v) is 13.2. The molecule has 0 radical (unpaired) electrons. The Labute approximate surface area is 233 Å². The van der Waals surface area contributed by atoms with Gasteiger partial charge in [0.25, 0.3) is 8.32 Å². The van der Waals surface area contributed by atoms with Crippen LogP contribution >= 0.6 is 0 Å². The van der Waals surface area contributed by atoms with E-state index in [0.717, 1.165) is 0 Å². The van der Waals surface area contributed by atoms with Crippen molar-refractivity contribution in [2.75, 3.05) is 27.6 Å². The molecular weight excluding hydrogens is 508 g/mol. The quantitative estimate of drug-likeness (QED) is 0.305. The van der Waals surface area contributed by atoms with Crippen LogP contribution in [0.1, 0.15) is 45.9 Å². The number of hydrogen-bond acceptors (Lipinski definition) is 6. The van der Waals surface area contributed by atoms with E-state index in [9.17, 15) is 4.79 Å². The first kappa shape index (κ1) is 29.2. The number of methoxy groups -OCH3 is 2. The molecule has 39 heavy (non-hydrogen) atoms. The lowest BCUT2D eigenvalue weighted by atomic mass is 9.71. The number of ether oxygens (including phenoxy) is 3. The molecule has 0 aliphatic carbocycles. The molecule has 0 fully saturated rings. The summed E-state index contributed by atoms with van der Waals surface area (Å²) in [6, 6.07) is 22.5. The first-order chi connectivity index (χ1) is 18.6. The van der Waals surface area contributed by atoms with Crippen molar-refractivity contribution in [3.05, 3.63) is 88.8 Å². The molecule has 2 N–H and O–H groups in total. The molecule has 2 aromatic carbocycles. The van der Waals surface area contributed by atoms with Gasteiger partial charge in [0.05, 0.1) is 12.8 Å². The normalized spacial score (nSPS) is 21.4. The maximum atomic E-state index is 12.7. The molecule has 3 aromatic rings. The van der Waals surface area contributed by atoms with E-state index in [0.29, 0.717) is 25.3 Å². The van der Waals surface area contributed by atoms with Gasteiger partial charge >= 0.3 is 0 Å². The highest BCUT2D eigenvalue weighted by Crippen LogP contribution is 2.48. The molecule has 2 heterocycles. The van der Waals surface area contributed by atoms with Crippen molar-refractivity contribution in [1.29, 1.82) is 0 Å². The molecule has 1 aliphatic rings. The molecule has 3 unspecified atom stereocenters. The molecule has 0 bridgehead atoms. The van der Waals surface area contributed by atoms with E-state index < -0.39 is 19.8 Å². The second-order valence-corrected chi connectivity index (χ2v) is 15.9. The third-order valence-electron chi connectivity index (χ3n) is 8.19. The van der Waals surface area contributed by atoms with Gasteiger partial charge in [-0.25, -0.2) is 0 Å². The van der Waals surface area contributed by atoms with Gasteiger partial charge in [-0.1, -0.05) is 88.4 Å². The van der Waals surface area contributed by atoms with Crippen LogP contribution in [0.3, 0.4) is 0 Å². The maximum Gasteiger partial charge on any atom is 0.261 e. The van der Waals surface area contributed by atoms with Gasteiger partial charge in [0.1, 0.15) is 12.9 Å². The fraction of sp³-hybridized carbons (Fsp3) is 0.452. The Morgan fingerprint density at radius 3 is 2.10 bits per heavy atom. The Hall–Kier alpha value is -2.75. The fourth-order valence-corrected chi connectivity index (χ4v) is 10.6. The number of fused-ring (bicyclic) bond motifs is 1. The van der Waals surface area contributed by atoms with Crippen LogP contribution in [-0.4, -0.2) is 46.5 Å². The Morgan fingerprint density at radius 2 is 1.59 bits per heavy atom. The lowest BCUT2D eigenvalue weighted by molar-refractivity contribution is -0.140. The molecular formula is C31H42N2O5Si. The summed E-state index contributed by atoms with van der Waals surface area (Å²) < 4.78 is 26.3. The Balaban J connectivity index is 1.75. The van der Waals surface area contributed by atoms with Crippen molar-refractivity contribution < 1.29 is 18.6 Å². The van der Waals surface area contributed by atoms with Crippen molar-refractivity contribution in [3.8, 4) is 5.75 Å². The van der Waals surface area contributed by atoms with Gasteiger partial charge in [-0.15, -0.1) is 0 Å². The first-order valence-corrected chi connectivity index (χ1v) is 15.4. The molecule has 0 saturated heterocycles. The van der Waals surface area contributed by atoms with Crippen molar-refractivity contribution >= 4 is 18.7 Å². The second-order valence-electron chi connectivity index (χ2n) is 11.6. The zero-order chi connectivity index (χ0) is 28.3. The highest BCUT2D eigenvalue weighted by molar-refractivity contribution is 6.99. The fourth-order valence-electron chi connectivity index (χ4n) is 6.04. The molecule has 7 nitrogen and oxygen atoms in total. The number of nitrogens with zero attached hydrogens (tertiary/aromatic N) is 1. The Kier molecular flexibility index (Phi) is 8.83. The summed E-state index contributed by atoms with van der Waals surface area (Å²) in [5, 5.41) is 2.32. The highest BCUT2D eigenvalue weighted by atomic mass is 28.4. The zero-order valence-electron chi connectivity index (χ0n) is 24.0. The topological polar surface area (TPSA) is 84.9 Å². The standard InChI is InChI=1S/C31H42N2O5Si/c1-30(2,3)39(23-13-9-7-10-14-23,24-15-11-8-12-16-24)38-20-18-31(4)26(32)21-33-19-17-25(34)28(36-6)27(33)29(31)37-22-35-5/h7-17,19,26,29H,18,20-22,32H2,1-6H3. The van der Waals surface area contributed by atoms with Crippen LogP contribution in [0, 0.1) is 5.41 Å². The summed E-state index contributed by atoms with van der Waals surface area (Å²) in [4.78, 5) is 12.7. The lowest BCUT2D eigenvalue weighted by Gasteiger charge is -2.48. The minimum absolute atomic E-state index is 0.0643. The Morgan fingerprint density at radius 1 is 1.00 bits per heavy atom. The monoisotopic (exact) mass is 550 g/mol. The van der Waals surface area contributed by atoms with Crippen LogP contribution < -0.4 is 26.3 Å². The van der Waals surface area contributed by atoms with E-state index in [1.54, 1.807) is 13.3 Å². The average Bonchev–Trinajstić information content (AvgIpc) is 2.92. The van der Waals surface area contributed by atoms with Crippen molar-refractivity contribution in [2.24, 2.45) is 11.1 Å². The third kappa shape index (κ3) is 5.36. The zero-order valence-corrected chi connectivity index (χ0v) is 25.0. The number of aromatic nitrogens is 1. The van der Waals surface area contributed by atoms with Crippen molar-refractivity contribution in [1.82, 2.24) is 4.57 Å². The minimum Gasteiger partial charge on any atom is -0.491 e. The highest BCUT2D eigenvalue weighted by Gasteiger charge is 2.52. The number of nitrogens with two attached hydrogens (primary N) is 1. The molecule has 1 aliphatic heterocycles. The van der Waals surface area contributed by atoms with Crippen LogP contribution in [0.15, 0.2) is 77.7 Å². The van der Waals surface area contributed by atoms with Crippen molar-refractivity contribution in [3.63, 3.8) is 0 Å². The van der Waals surface area contributed by atoms with Gasteiger partial charge in [0.2, 0.25) is 5.43 Å². The first-order valence-electron chi connectivity index (χ1n) is 13.5. The molecule has 3 atom stereocenters. The molecule has 4 rings (SSSR count). The summed E-state index contributed by atoms with van der Waals surface area (Å²) in [6.45, 7) is 10.0. The van der Waals surface area contributed by atoms with E-state index in [1.165, 1.54) is 23.5 Å². The van der Waals surface area contributed by atoms with E-state index >= 15 is 0 Å². The predicted molar refractivity (Wildman–Crippen MR) is 157 cm³/mol. The molecule has 0 spiro atoms. The van der Waals surface area contributed by atoms with E-state index in [-0.39, 0.29) is 29.1 Å². The largest absolute Gasteiger partial charge is 0.491 e. The van der Waals surface area contributed by atoms with Gasteiger partial charge in [-0.2, -0.15) is 0 Å². The van der Waals surface area contributed by atoms with Gasteiger partial charge in [0.15, 0.2) is 5.75 Å². The smallest absolute Gasteiger partial charge is 0.261 e. The van der Waals surface area contributed by atoms with Gasteiger partial charge < -0.3 is 28.9 Å². The molecule has 0 saturated carbocycles. The van der Waals surface area contributed by atoms with E-state index in [1.807, 2.05) is 16.7 Å². The van der Waals surface area contributed by atoms with Gasteiger partial charge in [-0.05, 0) is 21.8 Å². The number of hydrogen-bond donors (Lipinski definition) is 1. The Bertz CT molecular complexity index is 1250. The molecule has 210 valence electrons. The number of benzene rings is 2. The maximum absolute atomic E-state index is 12.7. The van der Waals surface area contributed by atoms with Crippen LogP contribution in [0.25, 0.3) is 0 Å². The molecule has 8 heteroatoms. The van der Waals surface area contributed by atoms with Crippen LogP contribution in [0.5, 0.6) is 5.75 Å². The molecule has 0 amide bonds. The van der Waals surface area contributed by atoms with Gasteiger partial charge in [0, 0.05) is 44.0 Å². The van der Waals surface area contributed by atoms with Crippen LogP contribution in [0.4, 0.5) is 0 Å². The summed E-state index contributed by atoms with van der Waals surface area (Å²) >= 11 is 0. The van der Waals surface area contributed by atoms with Crippen LogP contribution in [-0.2, 0) is 20.4 Å². The second kappa shape index (κ2) is 11.8. The number of rotatable bonds is 10. The summed E-state index contributed by atoms with van der Waals surface area (Å²) in [7, 11) is 0.381. The minimum atomic E-state index is -2.72. The number of pyridine rings is 1. The molecule has 1 aromatic heterocycles. The van der Waals surface area contributed by atoms with Gasteiger partial charge in [-0.3, -0.25) is 4.79 Å².